The molecule has 1 heterocycles. The van der Waals surface area contributed by atoms with Gasteiger partial charge in [-0.15, -0.1) is 0 Å². The fourth-order valence-electron chi connectivity index (χ4n) is 1.63. The van der Waals surface area contributed by atoms with Crippen LogP contribution in [0, 0.1) is 0 Å². The minimum atomic E-state index is -3.32. The van der Waals surface area contributed by atoms with Crippen LogP contribution in [0.1, 0.15) is 38.3 Å². The van der Waals surface area contributed by atoms with Gasteiger partial charge in [0.1, 0.15) is 0 Å². The number of hydrogen-bond donors (Lipinski definition) is 1. The first-order chi connectivity index (χ1) is 8.37. The molecule has 0 bridgehead atoms. The van der Waals surface area contributed by atoms with E-state index in [1.165, 1.54) is 0 Å². The van der Waals surface area contributed by atoms with Gasteiger partial charge in [0, 0.05) is 6.20 Å². The van der Waals surface area contributed by atoms with E-state index < -0.39 is 10.0 Å². The van der Waals surface area contributed by atoms with Gasteiger partial charge in [0.25, 0.3) is 0 Å². The minimum Gasteiger partial charge on any atom is -0.486 e. The van der Waals surface area contributed by atoms with Gasteiger partial charge in [-0.1, -0.05) is 13.8 Å². The summed E-state index contributed by atoms with van der Waals surface area (Å²) in [6.45, 7) is 4.01. The molecule has 5 nitrogen and oxygen atoms in total. The second-order valence-corrected chi connectivity index (χ2v) is 6.67. The minimum absolute atomic E-state index is 0.181. The molecule has 0 saturated heterocycles. The Bertz CT molecular complexity index is 536. The predicted molar refractivity (Wildman–Crippen MR) is 70.4 cm³/mol. The van der Waals surface area contributed by atoms with E-state index in [1.54, 1.807) is 12.3 Å². The number of pyridine rings is 1. The monoisotopic (exact) mass is 270 g/mol. The molecule has 1 aromatic heterocycles. The Morgan fingerprint density at radius 3 is 2.61 bits per heavy atom. The lowest BCUT2D eigenvalue weighted by atomic mass is 10.1. The van der Waals surface area contributed by atoms with Crippen molar-refractivity contribution in [3.05, 3.63) is 18.0 Å². The molecule has 1 fully saturated rings. The molecule has 0 radical (unpaired) electrons. The third-order valence-electron chi connectivity index (χ3n) is 2.58. The van der Waals surface area contributed by atoms with E-state index in [-0.39, 0.29) is 12.0 Å². The van der Waals surface area contributed by atoms with Crippen LogP contribution in [0.4, 0.5) is 5.69 Å². The first-order valence-corrected chi connectivity index (χ1v) is 7.89. The number of nitrogens with zero attached hydrogens (tertiary/aromatic N) is 1. The zero-order valence-electron chi connectivity index (χ0n) is 10.8. The van der Waals surface area contributed by atoms with Crippen molar-refractivity contribution >= 4 is 15.7 Å². The second kappa shape index (κ2) is 4.76. The highest BCUT2D eigenvalue weighted by atomic mass is 32.2. The number of hydrogen-bond acceptors (Lipinski definition) is 4. The van der Waals surface area contributed by atoms with Gasteiger partial charge < -0.3 is 4.74 Å². The average molecular weight is 270 g/mol. The number of ether oxygens (including phenoxy) is 1. The number of nitrogens with one attached hydrogen (secondary N) is 1. The van der Waals surface area contributed by atoms with Crippen molar-refractivity contribution in [1.82, 2.24) is 4.98 Å². The zero-order chi connectivity index (χ0) is 13.3. The predicted octanol–water partition coefficient (Wildman–Crippen LogP) is 2.12. The maximum atomic E-state index is 11.3. The number of rotatable bonds is 5. The summed E-state index contributed by atoms with van der Waals surface area (Å²) in [7, 11) is -3.32. The maximum absolute atomic E-state index is 11.3. The topological polar surface area (TPSA) is 68.3 Å². The normalized spacial score (nSPS) is 15.8. The highest BCUT2D eigenvalue weighted by Crippen LogP contribution is 2.37. The van der Waals surface area contributed by atoms with Crippen LogP contribution in [0.3, 0.4) is 0 Å². The molecule has 0 aliphatic heterocycles. The molecule has 0 spiro atoms. The number of anilines is 1. The van der Waals surface area contributed by atoms with Gasteiger partial charge in [-0.25, -0.2) is 8.42 Å². The Morgan fingerprint density at radius 1 is 1.44 bits per heavy atom. The summed E-state index contributed by atoms with van der Waals surface area (Å²) < 4.78 is 31.0. The molecule has 1 aliphatic rings. The third-order valence-corrected chi connectivity index (χ3v) is 3.17. The number of sulfonamides is 1. The zero-order valence-corrected chi connectivity index (χ0v) is 11.6. The molecule has 2 rings (SSSR count). The van der Waals surface area contributed by atoms with Crippen molar-refractivity contribution in [3.63, 3.8) is 0 Å². The van der Waals surface area contributed by atoms with Crippen molar-refractivity contribution in [3.8, 4) is 5.75 Å². The van der Waals surface area contributed by atoms with Gasteiger partial charge in [-0.3, -0.25) is 9.71 Å². The van der Waals surface area contributed by atoms with Gasteiger partial charge in [-0.2, -0.15) is 0 Å². The highest BCUT2D eigenvalue weighted by molar-refractivity contribution is 7.92. The van der Waals surface area contributed by atoms with Crippen molar-refractivity contribution in [2.45, 2.75) is 38.7 Å². The van der Waals surface area contributed by atoms with Crippen molar-refractivity contribution < 1.29 is 13.2 Å². The van der Waals surface area contributed by atoms with Gasteiger partial charge in [0.05, 0.1) is 23.7 Å². The Hall–Kier alpha value is -1.30. The van der Waals surface area contributed by atoms with E-state index in [0.717, 1.165) is 24.8 Å². The van der Waals surface area contributed by atoms with E-state index in [1.807, 2.05) is 13.8 Å². The van der Waals surface area contributed by atoms with Crippen molar-refractivity contribution in [2.75, 3.05) is 11.0 Å². The molecule has 0 atom stereocenters. The lowest BCUT2D eigenvalue weighted by Crippen LogP contribution is -2.13. The van der Waals surface area contributed by atoms with Gasteiger partial charge >= 0.3 is 0 Å². The first-order valence-electron chi connectivity index (χ1n) is 6.00. The van der Waals surface area contributed by atoms with Gasteiger partial charge in [0.2, 0.25) is 10.0 Å². The molecule has 6 heteroatoms. The fraction of sp³-hybridized carbons (Fsp3) is 0.583. The largest absolute Gasteiger partial charge is 0.486 e. The Kier molecular flexibility index (Phi) is 3.47. The lowest BCUT2D eigenvalue weighted by molar-refractivity contribution is 0.298. The van der Waals surface area contributed by atoms with Crippen molar-refractivity contribution in [1.29, 1.82) is 0 Å². The van der Waals surface area contributed by atoms with E-state index in [0.29, 0.717) is 11.4 Å². The third kappa shape index (κ3) is 3.35. The quantitative estimate of drug-likeness (QED) is 0.889. The Morgan fingerprint density at radius 2 is 2.11 bits per heavy atom. The second-order valence-electron chi connectivity index (χ2n) is 4.92. The molecule has 0 amide bonds. The standard InChI is InChI=1S/C12H18N2O3S/c1-8(2)11-12(17-9-4-5-9)10(6-7-13-11)14-18(3,15)16/h6-9H,4-5H2,1-3H3,(H,13,14). The van der Waals surface area contributed by atoms with Crippen LogP contribution in [0.15, 0.2) is 12.3 Å². The summed E-state index contributed by atoms with van der Waals surface area (Å²) in [4.78, 5) is 4.29. The van der Waals surface area contributed by atoms with Crippen LogP contribution >= 0.6 is 0 Å². The summed E-state index contributed by atoms with van der Waals surface area (Å²) in [5.74, 6) is 0.750. The molecule has 1 saturated carbocycles. The van der Waals surface area contributed by atoms with Crippen LogP contribution in [-0.2, 0) is 10.0 Å². The highest BCUT2D eigenvalue weighted by Gasteiger charge is 2.27. The Labute approximate surface area is 108 Å². The summed E-state index contributed by atoms with van der Waals surface area (Å²) in [5, 5.41) is 0. The molecule has 1 aromatic rings. The summed E-state index contributed by atoms with van der Waals surface area (Å²) >= 11 is 0. The average Bonchev–Trinajstić information content (AvgIpc) is 3.01. The fourth-order valence-corrected chi connectivity index (χ4v) is 2.19. The van der Waals surface area contributed by atoms with Gasteiger partial charge in [-0.05, 0) is 24.8 Å². The number of aromatic nitrogens is 1. The first kappa shape index (κ1) is 13.1. The lowest BCUT2D eigenvalue weighted by Gasteiger charge is -2.17. The summed E-state index contributed by atoms with van der Waals surface area (Å²) in [5.41, 5.74) is 1.26. The molecular weight excluding hydrogens is 252 g/mol. The van der Waals surface area contributed by atoms with E-state index in [4.69, 9.17) is 4.74 Å². The van der Waals surface area contributed by atoms with Crippen LogP contribution in [0.5, 0.6) is 5.75 Å². The molecule has 0 unspecified atom stereocenters. The molecular formula is C12H18N2O3S. The smallest absolute Gasteiger partial charge is 0.229 e. The van der Waals surface area contributed by atoms with Gasteiger partial charge in [0.15, 0.2) is 5.75 Å². The Balaban J connectivity index is 2.39. The molecule has 1 N–H and O–H groups in total. The van der Waals surface area contributed by atoms with Crippen LogP contribution in [0.25, 0.3) is 0 Å². The molecule has 100 valence electrons. The van der Waals surface area contributed by atoms with Crippen LogP contribution < -0.4 is 9.46 Å². The SMILES string of the molecule is CC(C)c1nccc(NS(C)(=O)=O)c1OC1CC1. The van der Waals surface area contributed by atoms with Crippen molar-refractivity contribution in [2.24, 2.45) is 0 Å². The summed E-state index contributed by atoms with van der Waals surface area (Å²) in [6.07, 6.45) is 4.97. The molecule has 18 heavy (non-hydrogen) atoms. The molecule has 0 aromatic carbocycles. The van der Waals surface area contributed by atoms with E-state index in [9.17, 15) is 8.42 Å². The maximum Gasteiger partial charge on any atom is 0.229 e. The van der Waals surface area contributed by atoms with Crippen LogP contribution in [0.2, 0.25) is 0 Å². The molecule has 1 aliphatic carbocycles. The van der Waals surface area contributed by atoms with E-state index in [2.05, 4.69) is 9.71 Å². The van der Waals surface area contributed by atoms with Crippen LogP contribution in [-0.4, -0.2) is 25.8 Å². The summed E-state index contributed by atoms with van der Waals surface area (Å²) in [6, 6.07) is 1.63. The van der Waals surface area contributed by atoms with E-state index >= 15 is 0 Å².